The van der Waals surface area contributed by atoms with E-state index in [0.717, 1.165) is 19.3 Å². The van der Waals surface area contributed by atoms with E-state index in [1.54, 1.807) is 14.2 Å². The molecule has 2 saturated heterocycles. The van der Waals surface area contributed by atoms with Crippen LogP contribution in [0.15, 0.2) is 0 Å². The van der Waals surface area contributed by atoms with Crippen molar-refractivity contribution in [2.45, 2.75) is 69.8 Å². The minimum atomic E-state index is -0.805. The predicted octanol–water partition coefficient (Wildman–Crippen LogP) is 1.17. The molecule has 0 aromatic heterocycles. The molecule has 1 unspecified atom stereocenters. The molecule has 2 aliphatic rings. The zero-order valence-electron chi connectivity index (χ0n) is 12.7. The standard InChI is InChI=1S/C13H25BO6/c1-5-6-7-9-13(2)10(8-14(15)20-9)18-12(19-13)11(16-3)17-4/h9-12,15H,5-8H2,1-4H3/t9-,10-,12?,13+/m0/s1. The lowest BCUT2D eigenvalue weighted by Gasteiger charge is -2.41. The second kappa shape index (κ2) is 6.72. The van der Waals surface area contributed by atoms with E-state index in [9.17, 15) is 5.02 Å². The second-order valence-electron chi connectivity index (χ2n) is 5.59. The van der Waals surface area contributed by atoms with E-state index >= 15 is 0 Å². The molecule has 1 N–H and O–H groups in total. The lowest BCUT2D eigenvalue weighted by atomic mass is 9.70. The van der Waals surface area contributed by atoms with Gasteiger partial charge in [-0.15, -0.1) is 0 Å². The molecule has 20 heavy (non-hydrogen) atoms. The van der Waals surface area contributed by atoms with Crippen LogP contribution in [-0.2, 0) is 23.6 Å². The summed E-state index contributed by atoms with van der Waals surface area (Å²) in [4.78, 5) is 0. The second-order valence-corrected chi connectivity index (χ2v) is 5.59. The highest BCUT2D eigenvalue weighted by Crippen LogP contribution is 2.42. The van der Waals surface area contributed by atoms with Crippen molar-refractivity contribution in [3.8, 4) is 0 Å². The van der Waals surface area contributed by atoms with E-state index in [1.165, 1.54) is 0 Å². The van der Waals surface area contributed by atoms with Gasteiger partial charge in [-0.3, -0.25) is 0 Å². The number of ether oxygens (including phenoxy) is 4. The quantitative estimate of drug-likeness (QED) is 0.584. The Morgan fingerprint density at radius 2 is 2.10 bits per heavy atom. The van der Waals surface area contributed by atoms with Crippen molar-refractivity contribution in [3.05, 3.63) is 0 Å². The van der Waals surface area contributed by atoms with Gasteiger partial charge in [-0.05, 0) is 13.3 Å². The Labute approximate surface area is 120 Å². The zero-order valence-corrected chi connectivity index (χ0v) is 12.7. The number of unbranched alkanes of at least 4 members (excludes halogenated alkanes) is 1. The Bertz CT molecular complexity index is 313. The van der Waals surface area contributed by atoms with Crippen molar-refractivity contribution < 1.29 is 28.6 Å². The maximum absolute atomic E-state index is 9.86. The van der Waals surface area contributed by atoms with Gasteiger partial charge in [0.1, 0.15) is 5.60 Å². The molecule has 2 heterocycles. The van der Waals surface area contributed by atoms with Gasteiger partial charge in [0.05, 0.1) is 12.2 Å². The predicted molar refractivity (Wildman–Crippen MR) is 73.1 cm³/mol. The summed E-state index contributed by atoms with van der Waals surface area (Å²) in [6, 6.07) is 0. The summed E-state index contributed by atoms with van der Waals surface area (Å²) in [6.45, 7) is 4.10. The fraction of sp³-hybridized carbons (Fsp3) is 1.00. The molecular formula is C13H25BO6. The third kappa shape index (κ3) is 3.03. The minimum Gasteiger partial charge on any atom is -0.427 e. The van der Waals surface area contributed by atoms with Gasteiger partial charge in [0, 0.05) is 20.5 Å². The third-order valence-electron chi connectivity index (χ3n) is 4.19. The normalized spacial score (nSPS) is 37.5. The first-order valence-corrected chi connectivity index (χ1v) is 7.27. The molecule has 4 atom stereocenters. The molecule has 0 amide bonds. The summed E-state index contributed by atoms with van der Waals surface area (Å²) >= 11 is 0. The Kier molecular flexibility index (Phi) is 5.45. The van der Waals surface area contributed by atoms with E-state index < -0.39 is 25.3 Å². The first kappa shape index (κ1) is 16.2. The van der Waals surface area contributed by atoms with Crippen LogP contribution in [-0.4, -0.2) is 56.8 Å². The van der Waals surface area contributed by atoms with Crippen LogP contribution in [0.25, 0.3) is 0 Å². The average molecular weight is 288 g/mol. The maximum atomic E-state index is 9.86. The lowest BCUT2D eigenvalue weighted by molar-refractivity contribution is -0.248. The van der Waals surface area contributed by atoms with Crippen molar-refractivity contribution in [1.82, 2.24) is 0 Å². The average Bonchev–Trinajstić information content (AvgIpc) is 2.75. The number of methoxy groups -OCH3 is 2. The molecule has 0 bridgehead atoms. The number of hydrogen-bond donors (Lipinski definition) is 1. The van der Waals surface area contributed by atoms with Gasteiger partial charge in [-0.2, -0.15) is 0 Å². The van der Waals surface area contributed by atoms with Crippen LogP contribution in [0.4, 0.5) is 0 Å². The van der Waals surface area contributed by atoms with E-state index in [1.807, 2.05) is 6.92 Å². The van der Waals surface area contributed by atoms with E-state index in [4.69, 9.17) is 23.6 Å². The smallest absolute Gasteiger partial charge is 0.427 e. The molecule has 0 aromatic carbocycles. The van der Waals surface area contributed by atoms with Crippen molar-refractivity contribution in [2.75, 3.05) is 14.2 Å². The van der Waals surface area contributed by atoms with Crippen molar-refractivity contribution in [2.24, 2.45) is 0 Å². The Morgan fingerprint density at radius 1 is 1.40 bits per heavy atom. The van der Waals surface area contributed by atoms with Crippen molar-refractivity contribution in [1.29, 1.82) is 0 Å². The molecule has 116 valence electrons. The summed E-state index contributed by atoms with van der Waals surface area (Å²) in [5.74, 6) is 0. The topological polar surface area (TPSA) is 66.4 Å². The molecule has 0 aliphatic carbocycles. The molecule has 7 heteroatoms. The van der Waals surface area contributed by atoms with Gasteiger partial charge in [0.15, 0.2) is 0 Å². The fourth-order valence-electron chi connectivity index (χ4n) is 2.97. The largest absolute Gasteiger partial charge is 0.457 e. The molecule has 2 rings (SSSR count). The van der Waals surface area contributed by atoms with E-state index in [0.29, 0.717) is 6.32 Å². The summed E-state index contributed by atoms with van der Waals surface area (Å²) in [6.07, 6.45) is 1.74. The highest BCUT2D eigenvalue weighted by molar-refractivity contribution is 6.43. The molecule has 6 nitrogen and oxygen atoms in total. The third-order valence-corrected chi connectivity index (χ3v) is 4.19. The van der Waals surface area contributed by atoms with Gasteiger partial charge < -0.3 is 28.6 Å². The summed E-state index contributed by atoms with van der Waals surface area (Å²) < 4.78 is 28.0. The van der Waals surface area contributed by atoms with Crippen LogP contribution in [0, 0.1) is 0 Å². The number of fused-ring (bicyclic) bond motifs is 1. The summed E-state index contributed by atoms with van der Waals surface area (Å²) in [7, 11) is 2.29. The highest BCUT2D eigenvalue weighted by Gasteiger charge is 2.58. The number of hydrogen-bond acceptors (Lipinski definition) is 6. The molecule has 2 fully saturated rings. The molecule has 0 radical (unpaired) electrons. The van der Waals surface area contributed by atoms with Crippen LogP contribution in [0.2, 0.25) is 6.32 Å². The van der Waals surface area contributed by atoms with E-state index in [-0.39, 0.29) is 12.2 Å². The van der Waals surface area contributed by atoms with Gasteiger partial charge >= 0.3 is 7.12 Å². The Hall–Kier alpha value is -0.175. The summed E-state index contributed by atoms with van der Waals surface area (Å²) in [5, 5.41) is 9.86. The van der Waals surface area contributed by atoms with Crippen molar-refractivity contribution >= 4 is 7.12 Å². The molecule has 0 aromatic rings. The summed E-state index contributed by atoms with van der Waals surface area (Å²) in [5.41, 5.74) is -0.575. The monoisotopic (exact) mass is 288 g/mol. The Morgan fingerprint density at radius 3 is 2.70 bits per heavy atom. The van der Waals surface area contributed by atoms with Gasteiger partial charge in [-0.1, -0.05) is 19.8 Å². The highest BCUT2D eigenvalue weighted by atomic mass is 16.8. The lowest BCUT2D eigenvalue weighted by Crippen LogP contribution is -2.56. The first-order chi connectivity index (χ1) is 9.55. The fourth-order valence-corrected chi connectivity index (χ4v) is 2.97. The molecule has 0 saturated carbocycles. The van der Waals surface area contributed by atoms with Crippen LogP contribution < -0.4 is 0 Å². The van der Waals surface area contributed by atoms with E-state index in [2.05, 4.69) is 6.92 Å². The van der Waals surface area contributed by atoms with Gasteiger partial charge in [0.2, 0.25) is 12.6 Å². The molecular weight excluding hydrogens is 263 g/mol. The van der Waals surface area contributed by atoms with Crippen LogP contribution in [0.5, 0.6) is 0 Å². The zero-order chi connectivity index (χ0) is 14.8. The Balaban J connectivity index is 2.10. The van der Waals surface area contributed by atoms with Crippen molar-refractivity contribution in [3.63, 3.8) is 0 Å². The van der Waals surface area contributed by atoms with Crippen LogP contribution in [0.3, 0.4) is 0 Å². The van der Waals surface area contributed by atoms with Gasteiger partial charge in [0.25, 0.3) is 0 Å². The molecule has 2 aliphatic heterocycles. The van der Waals surface area contributed by atoms with Crippen LogP contribution in [0.1, 0.15) is 33.1 Å². The maximum Gasteiger partial charge on any atom is 0.457 e. The SMILES string of the molecule is CCCC[C@@H]1OB(O)C[C@@H]2OC(C(OC)OC)O[C@]12C. The number of rotatable bonds is 6. The van der Waals surface area contributed by atoms with Crippen LogP contribution >= 0.6 is 0 Å². The first-order valence-electron chi connectivity index (χ1n) is 7.27. The minimum absolute atomic E-state index is 0.185. The molecule has 0 spiro atoms. The van der Waals surface area contributed by atoms with Gasteiger partial charge in [-0.25, -0.2) is 0 Å².